The van der Waals surface area contributed by atoms with Gasteiger partial charge in [-0.15, -0.1) is 11.3 Å². The van der Waals surface area contributed by atoms with Crippen LogP contribution >= 0.6 is 11.3 Å². The highest BCUT2D eigenvalue weighted by Crippen LogP contribution is 2.07. The maximum atomic E-state index is 11.7. The Bertz CT molecular complexity index is 280. The maximum Gasteiger partial charge on any atom is 0.209 e. The van der Waals surface area contributed by atoms with Gasteiger partial charge in [-0.1, -0.05) is 0 Å². The van der Waals surface area contributed by atoms with Gasteiger partial charge in [-0.2, -0.15) is 0 Å². The molecule has 70 valence electrons. The number of nitrogens with zero attached hydrogens (tertiary/aromatic N) is 1. The van der Waals surface area contributed by atoms with E-state index in [1.54, 1.807) is 6.20 Å². The molecule has 1 fully saturated rings. The summed E-state index contributed by atoms with van der Waals surface area (Å²) >= 11 is 1.40. The average Bonchev–Trinajstić information content (AvgIpc) is 2.71. The van der Waals surface area contributed by atoms with Gasteiger partial charge in [-0.25, -0.2) is 4.98 Å². The molecule has 1 aromatic heterocycles. The van der Waals surface area contributed by atoms with Crippen molar-refractivity contribution >= 4 is 17.1 Å². The van der Waals surface area contributed by atoms with Gasteiger partial charge in [0.15, 0.2) is 5.01 Å². The second-order valence-corrected chi connectivity index (χ2v) is 3.81. The highest BCUT2D eigenvalue weighted by Gasteiger charge is 2.22. The summed E-state index contributed by atoms with van der Waals surface area (Å²) in [5, 5.41) is 8.75. The average molecular weight is 197 g/mol. The molecule has 0 radical (unpaired) electrons. The number of hydrogen-bond acceptors (Lipinski definition) is 5. The minimum Gasteiger partial charge on any atom is -0.313 e. The van der Waals surface area contributed by atoms with Crippen molar-refractivity contribution in [3.8, 4) is 0 Å². The molecule has 0 aliphatic carbocycles. The first-order valence-corrected chi connectivity index (χ1v) is 5.14. The molecule has 13 heavy (non-hydrogen) atoms. The van der Waals surface area contributed by atoms with Crippen molar-refractivity contribution in [1.29, 1.82) is 0 Å². The third-order valence-corrected chi connectivity index (χ3v) is 2.79. The highest BCUT2D eigenvalue weighted by molar-refractivity contribution is 7.11. The molecule has 1 aliphatic rings. The Labute approximate surface area is 80.4 Å². The molecule has 0 bridgehead atoms. The predicted octanol–water partition coefficient (Wildman–Crippen LogP) is -0.113. The Balaban J connectivity index is 2.04. The zero-order valence-electron chi connectivity index (χ0n) is 7.12. The zero-order chi connectivity index (χ0) is 9.10. The zero-order valence-corrected chi connectivity index (χ0v) is 7.93. The van der Waals surface area contributed by atoms with Crippen molar-refractivity contribution in [3.05, 3.63) is 16.6 Å². The van der Waals surface area contributed by atoms with E-state index in [9.17, 15) is 4.79 Å². The van der Waals surface area contributed by atoms with E-state index in [4.69, 9.17) is 0 Å². The Morgan fingerprint density at radius 1 is 1.62 bits per heavy atom. The van der Waals surface area contributed by atoms with Crippen molar-refractivity contribution in [2.24, 2.45) is 0 Å². The molecule has 2 N–H and O–H groups in total. The molecule has 2 rings (SSSR count). The van der Waals surface area contributed by atoms with Gasteiger partial charge in [0, 0.05) is 31.2 Å². The first kappa shape index (κ1) is 8.80. The first-order valence-electron chi connectivity index (χ1n) is 4.26. The van der Waals surface area contributed by atoms with Gasteiger partial charge < -0.3 is 10.6 Å². The van der Waals surface area contributed by atoms with E-state index in [0.717, 1.165) is 13.1 Å². The summed E-state index contributed by atoms with van der Waals surface area (Å²) in [5.41, 5.74) is 0. The van der Waals surface area contributed by atoms with Gasteiger partial charge in [0.05, 0.1) is 6.04 Å². The number of rotatable bonds is 2. The molecular formula is C8H11N3OS. The van der Waals surface area contributed by atoms with Crippen LogP contribution < -0.4 is 10.6 Å². The van der Waals surface area contributed by atoms with E-state index in [-0.39, 0.29) is 11.8 Å². The van der Waals surface area contributed by atoms with Gasteiger partial charge in [0.25, 0.3) is 0 Å². The Morgan fingerprint density at radius 3 is 3.15 bits per heavy atom. The number of carbonyl (C=O) groups excluding carboxylic acids is 1. The van der Waals surface area contributed by atoms with Crippen LogP contribution in [0, 0.1) is 0 Å². The lowest BCUT2D eigenvalue weighted by Crippen LogP contribution is -2.52. The monoisotopic (exact) mass is 197 g/mol. The van der Waals surface area contributed by atoms with Crippen molar-refractivity contribution in [2.75, 3.05) is 19.6 Å². The molecule has 0 aromatic carbocycles. The Kier molecular flexibility index (Phi) is 2.68. The summed E-state index contributed by atoms with van der Waals surface area (Å²) in [6.07, 6.45) is 1.66. The molecule has 1 aliphatic heterocycles. The van der Waals surface area contributed by atoms with Crippen LogP contribution in [-0.2, 0) is 0 Å². The maximum absolute atomic E-state index is 11.7. The van der Waals surface area contributed by atoms with Gasteiger partial charge in [-0.05, 0) is 0 Å². The number of carbonyl (C=O) groups is 1. The molecule has 1 aromatic rings. The number of ketones is 1. The molecular weight excluding hydrogens is 186 g/mol. The lowest BCUT2D eigenvalue weighted by Gasteiger charge is -2.22. The third-order valence-electron chi connectivity index (χ3n) is 2.00. The smallest absolute Gasteiger partial charge is 0.209 e. The number of hydrogen-bond donors (Lipinski definition) is 2. The Hall–Kier alpha value is -0.780. The fraction of sp³-hybridized carbons (Fsp3) is 0.500. The van der Waals surface area contributed by atoms with Crippen LogP contribution in [0.1, 0.15) is 9.80 Å². The van der Waals surface area contributed by atoms with E-state index in [1.165, 1.54) is 11.3 Å². The molecule has 1 saturated heterocycles. The minimum atomic E-state index is -0.0973. The van der Waals surface area contributed by atoms with Gasteiger partial charge >= 0.3 is 0 Å². The predicted molar refractivity (Wildman–Crippen MR) is 51.1 cm³/mol. The van der Waals surface area contributed by atoms with Crippen molar-refractivity contribution in [3.63, 3.8) is 0 Å². The van der Waals surface area contributed by atoms with Gasteiger partial charge in [0.1, 0.15) is 0 Å². The van der Waals surface area contributed by atoms with E-state index in [0.29, 0.717) is 11.6 Å². The largest absolute Gasteiger partial charge is 0.313 e. The molecule has 4 nitrogen and oxygen atoms in total. The quantitative estimate of drug-likeness (QED) is 0.649. The molecule has 1 atom stereocenters. The molecule has 0 spiro atoms. The summed E-state index contributed by atoms with van der Waals surface area (Å²) in [4.78, 5) is 15.7. The summed E-state index contributed by atoms with van der Waals surface area (Å²) in [5.74, 6) is 0.0993. The fourth-order valence-electron chi connectivity index (χ4n) is 1.33. The molecule has 2 heterocycles. The second kappa shape index (κ2) is 3.95. The SMILES string of the molecule is O=C(c1nccs1)C1CNCCN1. The van der Waals surface area contributed by atoms with E-state index in [1.807, 2.05) is 5.38 Å². The number of thiazole rings is 1. The topological polar surface area (TPSA) is 54.0 Å². The van der Waals surface area contributed by atoms with Crippen molar-refractivity contribution in [1.82, 2.24) is 15.6 Å². The third kappa shape index (κ3) is 1.93. The van der Waals surface area contributed by atoms with Crippen LogP contribution in [0.2, 0.25) is 0 Å². The fourth-order valence-corrected chi connectivity index (χ4v) is 1.96. The van der Waals surface area contributed by atoms with E-state index >= 15 is 0 Å². The van der Waals surface area contributed by atoms with Crippen molar-refractivity contribution in [2.45, 2.75) is 6.04 Å². The van der Waals surface area contributed by atoms with Crippen LogP contribution in [0.25, 0.3) is 0 Å². The number of piperazine rings is 1. The number of Topliss-reactive ketones (excluding diaryl/α,β-unsaturated/α-hetero) is 1. The van der Waals surface area contributed by atoms with Crippen LogP contribution in [0.4, 0.5) is 0 Å². The molecule has 1 unspecified atom stereocenters. The van der Waals surface area contributed by atoms with Crippen LogP contribution in [0.15, 0.2) is 11.6 Å². The highest BCUT2D eigenvalue weighted by atomic mass is 32.1. The standard InChI is InChI=1S/C8H11N3OS/c12-7(8-11-3-4-13-8)6-5-9-1-2-10-6/h3-4,6,9-10H,1-2,5H2. The summed E-state index contributed by atoms with van der Waals surface area (Å²) in [7, 11) is 0. The summed E-state index contributed by atoms with van der Waals surface area (Å²) in [6, 6.07) is -0.0973. The number of nitrogens with one attached hydrogen (secondary N) is 2. The number of aromatic nitrogens is 1. The molecule has 0 amide bonds. The van der Waals surface area contributed by atoms with Crippen LogP contribution in [0.3, 0.4) is 0 Å². The van der Waals surface area contributed by atoms with Crippen LogP contribution in [0.5, 0.6) is 0 Å². The Morgan fingerprint density at radius 2 is 2.54 bits per heavy atom. The minimum absolute atomic E-state index is 0.0973. The lowest BCUT2D eigenvalue weighted by molar-refractivity contribution is 0.0934. The van der Waals surface area contributed by atoms with Crippen molar-refractivity contribution < 1.29 is 4.79 Å². The van der Waals surface area contributed by atoms with E-state index < -0.39 is 0 Å². The van der Waals surface area contributed by atoms with Gasteiger partial charge in [-0.3, -0.25) is 4.79 Å². The van der Waals surface area contributed by atoms with Crippen LogP contribution in [-0.4, -0.2) is 36.4 Å². The second-order valence-electron chi connectivity index (χ2n) is 2.91. The molecule has 0 saturated carbocycles. The van der Waals surface area contributed by atoms with E-state index in [2.05, 4.69) is 15.6 Å². The normalized spacial score (nSPS) is 22.9. The summed E-state index contributed by atoms with van der Waals surface area (Å²) in [6.45, 7) is 2.49. The molecule has 5 heteroatoms. The first-order chi connectivity index (χ1) is 6.38. The van der Waals surface area contributed by atoms with Gasteiger partial charge in [0.2, 0.25) is 5.78 Å². The lowest BCUT2D eigenvalue weighted by atomic mass is 10.1. The summed E-state index contributed by atoms with van der Waals surface area (Å²) < 4.78 is 0.